The summed E-state index contributed by atoms with van der Waals surface area (Å²) in [6, 6.07) is 8.29. The number of aryl methyl sites for hydroxylation is 1. The minimum absolute atomic E-state index is 0.227. The molecule has 1 aromatic carbocycles. The second-order valence-electron chi connectivity index (χ2n) is 7.15. The first-order chi connectivity index (χ1) is 14.4. The number of nitrogens with one attached hydrogen (secondary N) is 2. The Morgan fingerprint density at radius 2 is 2.07 bits per heavy atom. The lowest BCUT2D eigenvalue weighted by atomic mass is 9.99. The molecular formula is C22H27N3O5. The Morgan fingerprint density at radius 3 is 2.73 bits per heavy atom. The van der Waals surface area contributed by atoms with E-state index in [0.29, 0.717) is 30.1 Å². The predicted molar refractivity (Wildman–Crippen MR) is 111 cm³/mol. The second-order valence-corrected chi connectivity index (χ2v) is 7.15. The quantitative estimate of drug-likeness (QED) is 0.647. The summed E-state index contributed by atoms with van der Waals surface area (Å²) in [4.78, 5) is 27.1. The first-order valence-electron chi connectivity index (χ1n) is 9.76. The van der Waals surface area contributed by atoms with Crippen molar-refractivity contribution in [3.05, 3.63) is 64.8 Å². The molecule has 0 saturated heterocycles. The highest BCUT2D eigenvalue weighted by Gasteiger charge is 2.35. The Morgan fingerprint density at radius 1 is 1.27 bits per heavy atom. The van der Waals surface area contributed by atoms with Crippen LogP contribution in [-0.2, 0) is 16.1 Å². The molecule has 0 saturated carbocycles. The van der Waals surface area contributed by atoms with Crippen molar-refractivity contribution < 1.29 is 23.5 Å². The Hall–Kier alpha value is -3.26. The van der Waals surface area contributed by atoms with Crippen LogP contribution in [0.15, 0.2) is 52.3 Å². The van der Waals surface area contributed by atoms with Crippen LogP contribution in [-0.4, -0.2) is 44.2 Å². The molecule has 2 N–H and O–H groups in total. The lowest BCUT2D eigenvalue weighted by Crippen LogP contribution is -2.48. The number of carbonyl (C=O) groups is 2. The molecule has 2 amide bonds. The minimum atomic E-state index is -0.718. The molecule has 1 aliphatic rings. The molecule has 0 unspecified atom stereocenters. The number of benzene rings is 1. The van der Waals surface area contributed by atoms with Gasteiger partial charge in [-0.1, -0.05) is 17.7 Å². The van der Waals surface area contributed by atoms with E-state index in [2.05, 4.69) is 16.7 Å². The Balaban J connectivity index is 1.91. The molecule has 0 radical (unpaired) electrons. The number of furan rings is 1. The summed E-state index contributed by atoms with van der Waals surface area (Å²) >= 11 is 0. The zero-order chi connectivity index (χ0) is 21.7. The van der Waals surface area contributed by atoms with Crippen molar-refractivity contribution in [2.75, 3.05) is 27.3 Å². The van der Waals surface area contributed by atoms with Crippen molar-refractivity contribution in [1.82, 2.24) is 15.5 Å². The van der Waals surface area contributed by atoms with Crippen molar-refractivity contribution in [2.45, 2.75) is 26.4 Å². The van der Waals surface area contributed by atoms with Crippen molar-refractivity contribution >= 4 is 12.0 Å². The smallest absolute Gasteiger partial charge is 0.338 e. The fourth-order valence-corrected chi connectivity index (χ4v) is 3.51. The van der Waals surface area contributed by atoms with Gasteiger partial charge in [0.15, 0.2) is 0 Å². The molecule has 0 bridgehead atoms. The fraction of sp³-hybridized carbons (Fsp3) is 0.364. The number of esters is 1. The molecule has 2 heterocycles. The van der Waals surface area contributed by atoms with Crippen molar-refractivity contribution in [2.24, 2.45) is 0 Å². The average molecular weight is 413 g/mol. The summed E-state index contributed by atoms with van der Waals surface area (Å²) in [7, 11) is 3.55. The summed E-state index contributed by atoms with van der Waals surface area (Å²) < 4.78 is 16.2. The number of amides is 2. The summed E-state index contributed by atoms with van der Waals surface area (Å²) in [6.45, 7) is 4.89. The monoisotopic (exact) mass is 413 g/mol. The summed E-state index contributed by atoms with van der Waals surface area (Å²) in [5.74, 6) is 0.756. The normalized spacial score (nSPS) is 16.3. The first-order valence-corrected chi connectivity index (χ1v) is 9.76. The van der Waals surface area contributed by atoms with Gasteiger partial charge >= 0.3 is 12.0 Å². The van der Waals surface area contributed by atoms with E-state index in [9.17, 15) is 9.59 Å². The van der Waals surface area contributed by atoms with Gasteiger partial charge in [0, 0.05) is 24.4 Å². The highest BCUT2D eigenvalue weighted by Crippen LogP contribution is 2.29. The van der Waals surface area contributed by atoms with Gasteiger partial charge in [0.2, 0.25) is 0 Å². The highest BCUT2D eigenvalue weighted by molar-refractivity contribution is 5.95. The summed E-state index contributed by atoms with van der Waals surface area (Å²) in [5, 5.41) is 5.51. The number of carbonyl (C=O) groups excluding carboxylic acids is 2. The number of urea groups is 1. The Labute approximate surface area is 175 Å². The topological polar surface area (TPSA) is 93.0 Å². The third-order valence-corrected chi connectivity index (χ3v) is 4.78. The number of ether oxygens (including phenoxy) is 2. The predicted octanol–water partition coefficient (Wildman–Crippen LogP) is 2.90. The van der Waals surface area contributed by atoms with E-state index in [1.54, 1.807) is 26.2 Å². The van der Waals surface area contributed by atoms with Gasteiger partial charge in [0.05, 0.1) is 25.6 Å². The average Bonchev–Trinajstić information content (AvgIpc) is 3.22. The van der Waals surface area contributed by atoms with E-state index in [-0.39, 0.29) is 6.61 Å². The third kappa shape index (κ3) is 4.83. The summed E-state index contributed by atoms with van der Waals surface area (Å²) in [5.41, 5.74) is 2.95. The maximum Gasteiger partial charge on any atom is 0.338 e. The van der Waals surface area contributed by atoms with Gasteiger partial charge in [-0.3, -0.25) is 4.90 Å². The van der Waals surface area contributed by atoms with Gasteiger partial charge in [-0.2, -0.15) is 0 Å². The number of rotatable bonds is 8. The maximum absolute atomic E-state index is 12.8. The molecule has 3 rings (SSSR count). The van der Waals surface area contributed by atoms with Crippen molar-refractivity contribution in [3.8, 4) is 5.75 Å². The van der Waals surface area contributed by atoms with E-state index >= 15 is 0 Å². The van der Waals surface area contributed by atoms with E-state index < -0.39 is 18.0 Å². The van der Waals surface area contributed by atoms with Crippen LogP contribution in [0.3, 0.4) is 0 Å². The largest absolute Gasteiger partial charge is 0.496 e. The molecule has 160 valence electrons. The molecular weight excluding hydrogens is 386 g/mol. The van der Waals surface area contributed by atoms with Gasteiger partial charge in [-0.15, -0.1) is 0 Å². The lowest BCUT2D eigenvalue weighted by Gasteiger charge is -2.30. The van der Waals surface area contributed by atoms with Gasteiger partial charge in [0.1, 0.15) is 17.6 Å². The third-order valence-electron chi connectivity index (χ3n) is 4.78. The van der Waals surface area contributed by atoms with Crippen molar-refractivity contribution in [3.63, 3.8) is 0 Å². The van der Waals surface area contributed by atoms with Crippen LogP contribution < -0.4 is 15.4 Å². The molecule has 30 heavy (non-hydrogen) atoms. The van der Waals surface area contributed by atoms with Crippen LogP contribution in [0.1, 0.15) is 29.9 Å². The molecule has 0 fully saturated rings. The summed E-state index contributed by atoms with van der Waals surface area (Å²) in [6.07, 6.45) is 1.50. The first kappa shape index (κ1) is 21.4. The molecule has 0 spiro atoms. The second kappa shape index (κ2) is 9.49. The van der Waals surface area contributed by atoms with E-state index in [1.165, 1.54) is 6.26 Å². The minimum Gasteiger partial charge on any atom is -0.496 e. The van der Waals surface area contributed by atoms with Gasteiger partial charge in [-0.05, 0) is 39.1 Å². The molecule has 1 atom stereocenters. The maximum atomic E-state index is 12.8. The Kier molecular flexibility index (Phi) is 6.79. The standard InChI is InChI=1S/C22H27N3O5/c1-5-29-21(26)19-16(23-22(27)24-20(19)18-7-6-10-30-18)13-25(3)12-15-11-14(2)8-9-17(15)28-4/h6-11,20H,5,12-13H2,1-4H3,(H2,23,24,27)/t20-/m1/s1. The van der Waals surface area contributed by atoms with E-state index in [4.69, 9.17) is 13.9 Å². The number of methoxy groups -OCH3 is 1. The van der Waals surface area contributed by atoms with Crippen LogP contribution in [0.4, 0.5) is 4.79 Å². The van der Waals surface area contributed by atoms with Crippen LogP contribution in [0.25, 0.3) is 0 Å². The zero-order valence-electron chi connectivity index (χ0n) is 17.7. The molecule has 1 aliphatic heterocycles. The fourth-order valence-electron chi connectivity index (χ4n) is 3.51. The SMILES string of the molecule is CCOC(=O)C1=C(CN(C)Cc2cc(C)ccc2OC)NC(=O)N[C@@H]1c1ccco1. The number of hydrogen-bond donors (Lipinski definition) is 2. The van der Waals surface area contributed by atoms with E-state index in [0.717, 1.165) is 16.9 Å². The van der Waals surface area contributed by atoms with Crippen LogP contribution in [0.2, 0.25) is 0 Å². The molecule has 1 aromatic heterocycles. The van der Waals surface area contributed by atoms with Gasteiger partial charge in [0.25, 0.3) is 0 Å². The number of nitrogens with zero attached hydrogens (tertiary/aromatic N) is 1. The highest BCUT2D eigenvalue weighted by atomic mass is 16.5. The van der Waals surface area contributed by atoms with Crippen LogP contribution >= 0.6 is 0 Å². The number of hydrogen-bond acceptors (Lipinski definition) is 6. The van der Waals surface area contributed by atoms with E-state index in [1.807, 2.05) is 31.0 Å². The van der Waals surface area contributed by atoms with Crippen LogP contribution in [0.5, 0.6) is 5.75 Å². The van der Waals surface area contributed by atoms with Crippen LogP contribution in [0, 0.1) is 6.92 Å². The molecule has 0 aliphatic carbocycles. The molecule has 8 heteroatoms. The number of likely N-dealkylation sites (N-methyl/N-ethyl adjacent to an activating group) is 1. The van der Waals surface area contributed by atoms with Gasteiger partial charge < -0.3 is 24.5 Å². The Bertz CT molecular complexity index is 936. The zero-order valence-corrected chi connectivity index (χ0v) is 17.7. The van der Waals surface area contributed by atoms with Gasteiger partial charge in [-0.25, -0.2) is 9.59 Å². The lowest BCUT2D eigenvalue weighted by molar-refractivity contribution is -0.139. The molecule has 8 nitrogen and oxygen atoms in total. The van der Waals surface area contributed by atoms with Crippen molar-refractivity contribution in [1.29, 1.82) is 0 Å². The molecule has 2 aromatic rings.